The summed E-state index contributed by atoms with van der Waals surface area (Å²) in [6, 6.07) is 17.4. The van der Waals surface area contributed by atoms with Gasteiger partial charge in [-0.1, -0.05) is 45.7 Å². The van der Waals surface area contributed by atoms with Gasteiger partial charge in [-0.25, -0.2) is 4.68 Å². The average molecular weight is 419 g/mol. The van der Waals surface area contributed by atoms with Crippen molar-refractivity contribution in [2.45, 2.75) is 6.54 Å². The summed E-state index contributed by atoms with van der Waals surface area (Å²) in [7, 11) is 0. The van der Waals surface area contributed by atoms with Gasteiger partial charge in [0.1, 0.15) is 6.54 Å². The van der Waals surface area contributed by atoms with Gasteiger partial charge in [-0.15, -0.1) is 0 Å². The van der Waals surface area contributed by atoms with E-state index in [0.717, 1.165) is 14.7 Å². The minimum absolute atomic E-state index is 0.185. The molecule has 5 nitrogen and oxygen atoms in total. The number of benzene rings is 2. The van der Waals surface area contributed by atoms with Crippen molar-refractivity contribution in [3.05, 3.63) is 80.5 Å². The fraction of sp³-hybridized carbons (Fsp3) is 0.0556. The van der Waals surface area contributed by atoms with Crippen LogP contribution in [0.2, 0.25) is 5.02 Å². The lowest BCUT2D eigenvalue weighted by atomic mass is 10.1. The van der Waals surface area contributed by atoms with Crippen LogP contribution >= 0.6 is 27.5 Å². The SMILES string of the molecule is O=C(Cn1nc(-c2ccc(Br)cc2)ccc1=O)Nc1cccc(Cl)c1. The van der Waals surface area contributed by atoms with Crippen molar-refractivity contribution in [1.82, 2.24) is 9.78 Å². The first kappa shape index (κ1) is 17.4. The van der Waals surface area contributed by atoms with Crippen molar-refractivity contribution in [3.63, 3.8) is 0 Å². The largest absolute Gasteiger partial charge is 0.324 e. The summed E-state index contributed by atoms with van der Waals surface area (Å²) in [5.74, 6) is -0.357. The zero-order chi connectivity index (χ0) is 17.8. The van der Waals surface area contributed by atoms with Crippen molar-refractivity contribution < 1.29 is 4.79 Å². The smallest absolute Gasteiger partial charge is 0.267 e. The molecule has 126 valence electrons. The first-order chi connectivity index (χ1) is 12.0. The van der Waals surface area contributed by atoms with Gasteiger partial charge in [0, 0.05) is 26.8 Å². The molecule has 2 aromatic carbocycles. The van der Waals surface area contributed by atoms with Crippen molar-refractivity contribution >= 4 is 39.1 Å². The third-order valence-electron chi connectivity index (χ3n) is 3.41. The number of carbonyl (C=O) groups excluding carboxylic acids is 1. The van der Waals surface area contributed by atoms with Crippen LogP contribution in [-0.4, -0.2) is 15.7 Å². The number of hydrogen-bond donors (Lipinski definition) is 1. The molecule has 0 unspecified atom stereocenters. The Hall–Kier alpha value is -2.44. The van der Waals surface area contributed by atoms with Crippen molar-refractivity contribution in [2.75, 3.05) is 5.32 Å². The molecule has 0 saturated carbocycles. The molecule has 1 heterocycles. The van der Waals surface area contributed by atoms with E-state index in [1.165, 1.54) is 6.07 Å². The Balaban J connectivity index is 1.80. The maximum Gasteiger partial charge on any atom is 0.267 e. The van der Waals surface area contributed by atoms with Crippen LogP contribution in [0, 0.1) is 0 Å². The third kappa shape index (κ3) is 4.55. The van der Waals surface area contributed by atoms with Gasteiger partial charge < -0.3 is 5.32 Å². The van der Waals surface area contributed by atoms with E-state index < -0.39 is 0 Å². The van der Waals surface area contributed by atoms with Crippen LogP contribution in [0.3, 0.4) is 0 Å². The van der Waals surface area contributed by atoms with Gasteiger partial charge in [0.25, 0.3) is 5.56 Å². The molecule has 1 N–H and O–H groups in total. The highest BCUT2D eigenvalue weighted by Crippen LogP contribution is 2.19. The van der Waals surface area contributed by atoms with Gasteiger partial charge in [-0.05, 0) is 36.4 Å². The van der Waals surface area contributed by atoms with Crippen LogP contribution < -0.4 is 10.9 Å². The molecule has 3 rings (SSSR count). The number of halogens is 2. The molecule has 25 heavy (non-hydrogen) atoms. The topological polar surface area (TPSA) is 64.0 Å². The molecule has 1 aromatic heterocycles. The second-order valence-corrected chi connectivity index (χ2v) is 6.63. The molecule has 0 atom stereocenters. The van der Waals surface area contributed by atoms with E-state index in [1.807, 2.05) is 24.3 Å². The second kappa shape index (κ2) is 7.63. The number of nitrogens with one attached hydrogen (secondary N) is 1. The molecule has 3 aromatic rings. The fourth-order valence-electron chi connectivity index (χ4n) is 2.24. The maximum atomic E-state index is 12.2. The molecular formula is C18H13BrClN3O2. The molecule has 0 bridgehead atoms. The monoisotopic (exact) mass is 417 g/mol. The predicted molar refractivity (Wildman–Crippen MR) is 102 cm³/mol. The summed E-state index contributed by atoms with van der Waals surface area (Å²) < 4.78 is 2.09. The lowest BCUT2D eigenvalue weighted by Gasteiger charge is -2.08. The Morgan fingerprint density at radius 3 is 2.60 bits per heavy atom. The normalized spacial score (nSPS) is 10.5. The Morgan fingerprint density at radius 2 is 1.88 bits per heavy atom. The summed E-state index contributed by atoms with van der Waals surface area (Å²) in [6.07, 6.45) is 0. The van der Waals surface area contributed by atoms with E-state index in [4.69, 9.17) is 11.6 Å². The second-order valence-electron chi connectivity index (χ2n) is 5.28. The number of anilines is 1. The van der Waals surface area contributed by atoms with Crippen LogP contribution in [0.25, 0.3) is 11.3 Å². The number of aromatic nitrogens is 2. The maximum absolute atomic E-state index is 12.2. The zero-order valence-corrected chi connectivity index (χ0v) is 15.3. The molecule has 0 aliphatic heterocycles. The van der Waals surface area contributed by atoms with Crippen LogP contribution in [0.1, 0.15) is 0 Å². The Bertz CT molecular complexity index is 971. The van der Waals surface area contributed by atoms with Crippen LogP contribution in [0.4, 0.5) is 5.69 Å². The van der Waals surface area contributed by atoms with Gasteiger partial charge >= 0.3 is 0 Å². The van der Waals surface area contributed by atoms with Crippen molar-refractivity contribution in [3.8, 4) is 11.3 Å². The van der Waals surface area contributed by atoms with Crippen molar-refractivity contribution in [1.29, 1.82) is 0 Å². The fourth-order valence-corrected chi connectivity index (χ4v) is 2.69. The predicted octanol–water partition coefficient (Wildman–Crippen LogP) is 3.96. The Kier molecular flexibility index (Phi) is 5.31. The summed E-state index contributed by atoms with van der Waals surface area (Å²) in [5, 5.41) is 7.49. The molecule has 0 fully saturated rings. The van der Waals surface area contributed by atoms with Gasteiger partial charge in [0.05, 0.1) is 5.69 Å². The highest BCUT2D eigenvalue weighted by atomic mass is 79.9. The molecule has 0 aliphatic carbocycles. The van der Waals surface area contributed by atoms with E-state index >= 15 is 0 Å². The Morgan fingerprint density at radius 1 is 1.12 bits per heavy atom. The summed E-state index contributed by atoms with van der Waals surface area (Å²) >= 11 is 9.27. The molecule has 0 radical (unpaired) electrons. The number of carbonyl (C=O) groups is 1. The highest BCUT2D eigenvalue weighted by Gasteiger charge is 2.09. The van der Waals surface area contributed by atoms with Gasteiger partial charge in [0.2, 0.25) is 5.91 Å². The number of nitrogens with zero attached hydrogens (tertiary/aromatic N) is 2. The number of amides is 1. The average Bonchev–Trinajstić information content (AvgIpc) is 2.57. The number of rotatable bonds is 4. The molecule has 1 amide bonds. The zero-order valence-electron chi connectivity index (χ0n) is 12.9. The highest BCUT2D eigenvalue weighted by molar-refractivity contribution is 9.10. The first-order valence-electron chi connectivity index (χ1n) is 7.41. The van der Waals surface area contributed by atoms with Crippen LogP contribution in [0.15, 0.2) is 69.9 Å². The molecule has 0 saturated heterocycles. The van der Waals surface area contributed by atoms with E-state index in [0.29, 0.717) is 16.4 Å². The first-order valence-corrected chi connectivity index (χ1v) is 8.58. The lowest BCUT2D eigenvalue weighted by molar-refractivity contribution is -0.117. The quantitative estimate of drug-likeness (QED) is 0.697. The lowest BCUT2D eigenvalue weighted by Crippen LogP contribution is -2.29. The Labute approximate surface area is 157 Å². The summed E-state index contributed by atoms with van der Waals surface area (Å²) in [4.78, 5) is 24.2. The molecule has 0 aliphatic rings. The van der Waals surface area contributed by atoms with E-state index in [9.17, 15) is 9.59 Å². The molecule has 7 heteroatoms. The summed E-state index contributed by atoms with van der Waals surface area (Å²) in [6.45, 7) is -0.185. The minimum atomic E-state index is -0.357. The molecular weight excluding hydrogens is 406 g/mol. The third-order valence-corrected chi connectivity index (χ3v) is 4.17. The van der Waals surface area contributed by atoms with Gasteiger partial charge in [-0.3, -0.25) is 9.59 Å². The van der Waals surface area contributed by atoms with Crippen molar-refractivity contribution in [2.24, 2.45) is 0 Å². The van der Waals surface area contributed by atoms with Gasteiger partial charge in [-0.2, -0.15) is 5.10 Å². The van der Waals surface area contributed by atoms with Crippen LogP contribution in [-0.2, 0) is 11.3 Å². The van der Waals surface area contributed by atoms with Gasteiger partial charge in [0.15, 0.2) is 0 Å². The number of hydrogen-bond acceptors (Lipinski definition) is 3. The standard InChI is InChI=1S/C18H13BrClN3O2/c19-13-6-4-12(5-7-13)16-8-9-18(25)23(22-16)11-17(24)21-15-3-1-2-14(20)10-15/h1-10H,11H2,(H,21,24). The summed E-state index contributed by atoms with van der Waals surface area (Å²) in [5.41, 5.74) is 1.69. The molecule has 0 spiro atoms. The minimum Gasteiger partial charge on any atom is -0.324 e. The van der Waals surface area contributed by atoms with E-state index in [-0.39, 0.29) is 18.0 Å². The van der Waals surface area contributed by atoms with Crippen LogP contribution in [0.5, 0.6) is 0 Å². The van der Waals surface area contributed by atoms with E-state index in [1.54, 1.807) is 30.3 Å². The van der Waals surface area contributed by atoms with E-state index in [2.05, 4.69) is 26.3 Å².